The number of halogens is 1. The minimum atomic E-state index is 0.589. The van der Waals surface area contributed by atoms with Crippen LogP contribution in [-0.2, 0) is 12.8 Å². The van der Waals surface area contributed by atoms with Crippen molar-refractivity contribution in [3.05, 3.63) is 50.4 Å². The summed E-state index contributed by atoms with van der Waals surface area (Å²) in [7, 11) is 0. The summed E-state index contributed by atoms with van der Waals surface area (Å²) in [5.41, 5.74) is 2.61. The van der Waals surface area contributed by atoms with E-state index in [1.54, 1.807) is 11.3 Å². The lowest BCUT2D eigenvalue weighted by molar-refractivity contribution is 0.474. The number of aromatic nitrogens is 1. The number of nitrogens with one attached hydrogen (secondary N) is 1. The predicted octanol–water partition coefficient (Wildman–Crippen LogP) is 4.22. The molecule has 0 radical (unpaired) electrons. The lowest BCUT2D eigenvalue weighted by Gasteiger charge is -2.16. The highest BCUT2D eigenvalue weighted by molar-refractivity contribution is 9.10. The molecule has 20 heavy (non-hydrogen) atoms. The smallest absolute Gasteiger partial charge is 0.0897 e. The number of hydrogen-bond donors (Lipinski definition) is 1. The van der Waals surface area contributed by atoms with Crippen LogP contribution in [0.1, 0.15) is 23.2 Å². The number of nitrogens with zero attached hydrogens (tertiary/aromatic N) is 1. The molecule has 0 saturated carbocycles. The second-order valence-corrected chi connectivity index (χ2v) is 7.05. The average Bonchev–Trinajstić information content (AvgIpc) is 2.81. The zero-order valence-corrected chi connectivity index (χ0v) is 14.4. The van der Waals surface area contributed by atoms with Crippen molar-refractivity contribution in [2.45, 2.75) is 26.7 Å². The van der Waals surface area contributed by atoms with Gasteiger partial charge >= 0.3 is 0 Å². The molecule has 0 aliphatic rings. The molecule has 0 aliphatic heterocycles. The second-order valence-electron chi connectivity index (χ2n) is 5.07. The van der Waals surface area contributed by atoms with Crippen LogP contribution in [-0.4, -0.2) is 18.1 Å². The molecule has 1 aromatic carbocycles. The van der Waals surface area contributed by atoms with Gasteiger partial charge in [0.25, 0.3) is 0 Å². The highest BCUT2D eigenvalue weighted by Gasteiger charge is 2.12. The van der Waals surface area contributed by atoms with Crippen molar-refractivity contribution in [2.75, 3.05) is 13.1 Å². The Morgan fingerprint density at radius 3 is 2.85 bits per heavy atom. The Hall–Kier alpha value is -0.710. The van der Waals surface area contributed by atoms with E-state index in [0.29, 0.717) is 5.92 Å². The largest absolute Gasteiger partial charge is 0.317 e. The third-order valence-corrected chi connectivity index (χ3v) is 4.58. The van der Waals surface area contributed by atoms with Crippen molar-refractivity contribution in [1.82, 2.24) is 10.3 Å². The van der Waals surface area contributed by atoms with E-state index in [0.717, 1.165) is 35.4 Å². The van der Waals surface area contributed by atoms with Gasteiger partial charge in [0, 0.05) is 9.85 Å². The summed E-state index contributed by atoms with van der Waals surface area (Å²) in [5, 5.41) is 6.82. The molecule has 1 N–H and O–H groups in total. The second kappa shape index (κ2) is 7.91. The molecule has 0 bridgehead atoms. The Bertz CT molecular complexity index is 539. The van der Waals surface area contributed by atoms with Crippen molar-refractivity contribution in [3.63, 3.8) is 0 Å². The molecule has 4 heteroatoms. The van der Waals surface area contributed by atoms with E-state index in [9.17, 15) is 0 Å². The van der Waals surface area contributed by atoms with Crippen molar-refractivity contribution < 1.29 is 0 Å². The molecule has 0 saturated heterocycles. The number of rotatable bonds is 7. The Morgan fingerprint density at radius 1 is 1.35 bits per heavy atom. The first kappa shape index (κ1) is 15.7. The third-order valence-electron chi connectivity index (χ3n) is 3.26. The van der Waals surface area contributed by atoms with Gasteiger partial charge in [0.2, 0.25) is 0 Å². The molecular weight excluding hydrogens is 332 g/mol. The van der Waals surface area contributed by atoms with Gasteiger partial charge in [-0.3, -0.25) is 0 Å². The minimum Gasteiger partial charge on any atom is -0.317 e. The van der Waals surface area contributed by atoms with Crippen LogP contribution in [0.2, 0.25) is 0 Å². The summed E-state index contributed by atoms with van der Waals surface area (Å²) in [4.78, 5) is 4.60. The van der Waals surface area contributed by atoms with Crippen molar-refractivity contribution in [1.29, 1.82) is 0 Å². The normalized spacial score (nSPS) is 12.6. The molecule has 2 aromatic rings. The fourth-order valence-corrected chi connectivity index (χ4v) is 3.43. The third kappa shape index (κ3) is 5.00. The Balaban J connectivity index is 2.02. The molecule has 2 nitrogen and oxygen atoms in total. The van der Waals surface area contributed by atoms with Crippen LogP contribution in [0.25, 0.3) is 0 Å². The topological polar surface area (TPSA) is 24.9 Å². The monoisotopic (exact) mass is 352 g/mol. The fourth-order valence-electron chi connectivity index (χ4n) is 2.36. The van der Waals surface area contributed by atoms with E-state index in [1.807, 2.05) is 0 Å². The van der Waals surface area contributed by atoms with E-state index in [4.69, 9.17) is 0 Å². The van der Waals surface area contributed by atoms with Gasteiger partial charge in [-0.25, -0.2) is 4.98 Å². The molecule has 0 aliphatic carbocycles. The summed E-state index contributed by atoms with van der Waals surface area (Å²) in [6.07, 6.45) is 2.13. The van der Waals surface area contributed by atoms with Gasteiger partial charge in [-0.15, -0.1) is 11.3 Å². The van der Waals surface area contributed by atoms with Gasteiger partial charge in [-0.05, 0) is 56.5 Å². The van der Waals surface area contributed by atoms with Crippen molar-refractivity contribution in [3.8, 4) is 0 Å². The van der Waals surface area contributed by atoms with Crippen LogP contribution in [0.15, 0.2) is 34.1 Å². The summed E-state index contributed by atoms with van der Waals surface area (Å²) < 4.78 is 1.15. The summed E-state index contributed by atoms with van der Waals surface area (Å²) in [6.45, 7) is 6.29. The molecule has 0 fully saturated rings. The summed E-state index contributed by atoms with van der Waals surface area (Å²) in [5.74, 6) is 0.589. The van der Waals surface area contributed by atoms with Gasteiger partial charge < -0.3 is 5.32 Å². The molecule has 1 heterocycles. The number of benzene rings is 1. The van der Waals surface area contributed by atoms with E-state index in [-0.39, 0.29) is 0 Å². The predicted molar refractivity (Wildman–Crippen MR) is 90.4 cm³/mol. The SMILES string of the molecule is CCNCC(Cc1cccc(Br)c1)Cc1csc(C)n1. The number of hydrogen-bond acceptors (Lipinski definition) is 3. The zero-order chi connectivity index (χ0) is 14.4. The summed E-state index contributed by atoms with van der Waals surface area (Å²) in [6, 6.07) is 8.60. The van der Waals surface area contributed by atoms with Crippen LogP contribution in [0.3, 0.4) is 0 Å². The zero-order valence-electron chi connectivity index (χ0n) is 12.0. The highest BCUT2D eigenvalue weighted by Crippen LogP contribution is 2.19. The number of thiazole rings is 1. The lowest BCUT2D eigenvalue weighted by Crippen LogP contribution is -2.25. The van der Waals surface area contributed by atoms with E-state index < -0.39 is 0 Å². The van der Waals surface area contributed by atoms with Crippen molar-refractivity contribution >= 4 is 27.3 Å². The van der Waals surface area contributed by atoms with Gasteiger partial charge in [0.1, 0.15) is 0 Å². The standard InChI is InChI=1S/C16H21BrN2S/c1-3-18-10-14(9-16-11-20-12(2)19-16)7-13-5-4-6-15(17)8-13/h4-6,8,11,14,18H,3,7,9-10H2,1-2H3. The Labute approximate surface area is 133 Å². The minimum absolute atomic E-state index is 0.589. The van der Waals surface area contributed by atoms with E-state index in [1.165, 1.54) is 11.3 Å². The van der Waals surface area contributed by atoms with Gasteiger partial charge in [0.15, 0.2) is 0 Å². The molecule has 108 valence electrons. The first-order valence-electron chi connectivity index (χ1n) is 7.03. The maximum Gasteiger partial charge on any atom is 0.0897 e. The van der Waals surface area contributed by atoms with Crippen LogP contribution in [0, 0.1) is 12.8 Å². The van der Waals surface area contributed by atoms with Crippen LogP contribution >= 0.6 is 27.3 Å². The Morgan fingerprint density at radius 2 is 2.20 bits per heavy atom. The average molecular weight is 353 g/mol. The molecule has 2 rings (SSSR count). The maximum atomic E-state index is 4.60. The Kier molecular flexibility index (Phi) is 6.20. The van der Waals surface area contributed by atoms with E-state index in [2.05, 4.69) is 69.7 Å². The summed E-state index contributed by atoms with van der Waals surface area (Å²) >= 11 is 5.29. The van der Waals surface area contributed by atoms with Crippen LogP contribution in [0.4, 0.5) is 0 Å². The van der Waals surface area contributed by atoms with Gasteiger partial charge in [0.05, 0.1) is 10.7 Å². The lowest BCUT2D eigenvalue weighted by atomic mass is 9.95. The first-order valence-corrected chi connectivity index (χ1v) is 8.70. The molecule has 1 atom stereocenters. The van der Waals surface area contributed by atoms with Gasteiger partial charge in [-0.2, -0.15) is 0 Å². The molecule has 1 aromatic heterocycles. The quantitative estimate of drug-likeness (QED) is 0.806. The van der Waals surface area contributed by atoms with Crippen LogP contribution < -0.4 is 5.32 Å². The first-order chi connectivity index (χ1) is 9.67. The maximum absolute atomic E-state index is 4.60. The van der Waals surface area contributed by atoms with Crippen LogP contribution in [0.5, 0.6) is 0 Å². The fraction of sp³-hybridized carbons (Fsp3) is 0.438. The number of aryl methyl sites for hydroxylation is 1. The molecular formula is C16H21BrN2S. The molecule has 0 amide bonds. The molecule has 0 spiro atoms. The highest BCUT2D eigenvalue weighted by atomic mass is 79.9. The van der Waals surface area contributed by atoms with Gasteiger partial charge in [-0.1, -0.05) is 35.0 Å². The molecule has 1 unspecified atom stereocenters. The van der Waals surface area contributed by atoms with E-state index >= 15 is 0 Å². The van der Waals surface area contributed by atoms with Crippen molar-refractivity contribution in [2.24, 2.45) is 5.92 Å².